The lowest BCUT2D eigenvalue weighted by Gasteiger charge is -2.33. The van der Waals surface area contributed by atoms with E-state index in [0.29, 0.717) is 6.04 Å². The van der Waals surface area contributed by atoms with Crippen molar-refractivity contribution in [2.24, 2.45) is 0 Å². The first-order valence-electron chi connectivity index (χ1n) is 7.46. The summed E-state index contributed by atoms with van der Waals surface area (Å²) in [6.07, 6.45) is 2.40. The molecule has 0 aromatic heterocycles. The lowest BCUT2D eigenvalue weighted by molar-refractivity contribution is 0.175. The Kier molecular flexibility index (Phi) is 8.83. The largest absolute Gasteiger partial charge is 0.310 e. The van der Waals surface area contributed by atoms with Crippen LogP contribution >= 0.6 is 0 Å². The first kappa shape index (κ1) is 17.9. The number of hydrogen-bond donors (Lipinski definition) is 1. The molecule has 0 aromatic carbocycles. The van der Waals surface area contributed by atoms with E-state index in [1.807, 2.05) is 0 Å². The molecular formula is C15H35N3. The van der Waals surface area contributed by atoms with Gasteiger partial charge in [0, 0.05) is 31.2 Å². The Labute approximate surface area is 115 Å². The normalized spacial score (nSPS) is 14.5. The maximum Gasteiger partial charge on any atom is 0.0193 e. The monoisotopic (exact) mass is 257 g/mol. The van der Waals surface area contributed by atoms with Crippen molar-refractivity contribution in [2.75, 3.05) is 40.3 Å². The maximum atomic E-state index is 3.68. The second-order valence-electron chi connectivity index (χ2n) is 6.31. The first-order chi connectivity index (χ1) is 8.32. The highest BCUT2D eigenvalue weighted by molar-refractivity contribution is 4.79. The summed E-state index contributed by atoms with van der Waals surface area (Å²) in [4.78, 5) is 4.86. The lowest BCUT2D eigenvalue weighted by atomic mass is 10.0. The molecule has 0 bridgehead atoms. The molecule has 1 atom stereocenters. The van der Waals surface area contributed by atoms with Gasteiger partial charge in [-0.25, -0.2) is 0 Å². The van der Waals surface area contributed by atoms with E-state index >= 15 is 0 Å². The summed E-state index contributed by atoms with van der Waals surface area (Å²) >= 11 is 0. The highest BCUT2D eigenvalue weighted by Gasteiger charge is 2.18. The molecule has 0 radical (unpaired) electrons. The second-order valence-corrected chi connectivity index (χ2v) is 6.31. The summed E-state index contributed by atoms with van der Waals surface area (Å²) in [7, 11) is 4.29. The van der Waals surface area contributed by atoms with Crippen molar-refractivity contribution in [1.82, 2.24) is 15.1 Å². The minimum absolute atomic E-state index is 0.258. The molecule has 0 saturated carbocycles. The fourth-order valence-electron chi connectivity index (χ4n) is 1.85. The van der Waals surface area contributed by atoms with Crippen molar-refractivity contribution in [3.63, 3.8) is 0 Å². The third kappa shape index (κ3) is 8.06. The number of rotatable bonds is 10. The van der Waals surface area contributed by atoms with E-state index in [1.165, 1.54) is 19.4 Å². The zero-order valence-electron chi connectivity index (χ0n) is 13.7. The third-order valence-corrected chi connectivity index (χ3v) is 3.73. The number of nitrogens with one attached hydrogen (secondary N) is 1. The van der Waals surface area contributed by atoms with Crippen LogP contribution < -0.4 is 5.32 Å². The van der Waals surface area contributed by atoms with Crippen LogP contribution in [0.25, 0.3) is 0 Å². The standard InChI is InChI=1S/C15H35N3/c1-8-10-18(12-11-17(6)7)14(3)13-16-15(4,5)9-2/h14,16H,8-13H2,1-7H3. The molecule has 110 valence electrons. The molecule has 1 N–H and O–H groups in total. The van der Waals surface area contributed by atoms with Crippen molar-refractivity contribution in [3.05, 3.63) is 0 Å². The van der Waals surface area contributed by atoms with Crippen LogP contribution in [0.1, 0.15) is 47.5 Å². The van der Waals surface area contributed by atoms with Crippen LogP contribution in [0.4, 0.5) is 0 Å². The van der Waals surface area contributed by atoms with E-state index in [1.54, 1.807) is 0 Å². The molecule has 0 heterocycles. The lowest BCUT2D eigenvalue weighted by Crippen LogP contribution is -2.48. The fourth-order valence-corrected chi connectivity index (χ4v) is 1.85. The predicted octanol–water partition coefficient (Wildman–Crippen LogP) is 2.43. The van der Waals surface area contributed by atoms with Gasteiger partial charge in [0.25, 0.3) is 0 Å². The van der Waals surface area contributed by atoms with E-state index < -0.39 is 0 Å². The average Bonchev–Trinajstić information content (AvgIpc) is 2.31. The molecule has 0 aromatic rings. The van der Waals surface area contributed by atoms with Crippen LogP contribution in [-0.2, 0) is 0 Å². The molecule has 0 aliphatic carbocycles. The molecule has 1 unspecified atom stereocenters. The summed E-state index contributed by atoms with van der Waals surface area (Å²) in [6.45, 7) is 16.0. The van der Waals surface area contributed by atoms with Gasteiger partial charge in [0.05, 0.1) is 0 Å². The average molecular weight is 257 g/mol. The smallest absolute Gasteiger partial charge is 0.0193 e. The van der Waals surface area contributed by atoms with E-state index in [2.05, 4.69) is 63.8 Å². The summed E-state index contributed by atoms with van der Waals surface area (Å²) in [5.74, 6) is 0. The van der Waals surface area contributed by atoms with Crippen molar-refractivity contribution in [1.29, 1.82) is 0 Å². The minimum Gasteiger partial charge on any atom is -0.310 e. The van der Waals surface area contributed by atoms with Crippen LogP contribution in [0.5, 0.6) is 0 Å². The topological polar surface area (TPSA) is 18.5 Å². The number of hydrogen-bond acceptors (Lipinski definition) is 3. The van der Waals surface area contributed by atoms with Crippen LogP contribution in [0.15, 0.2) is 0 Å². The molecule has 0 aliphatic heterocycles. The van der Waals surface area contributed by atoms with Gasteiger partial charge in [-0.3, -0.25) is 4.90 Å². The number of nitrogens with zero attached hydrogens (tertiary/aromatic N) is 2. The summed E-state index contributed by atoms with van der Waals surface area (Å²) in [5, 5.41) is 3.68. The quantitative estimate of drug-likeness (QED) is 0.648. The van der Waals surface area contributed by atoms with Crippen LogP contribution in [0, 0.1) is 0 Å². The van der Waals surface area contributed by atoms with Gasteiger partial charge in [-0.05, 0) is 54.3 Å². The fraction of sp³-hybridized carbons (Fsp3) is 1.00. The molecule has 18 heavy (non-hydrogen) atoms. The highest BCUT2D eigenvalue weighted by atomic mass is 15.2. The summed E-state index contributed by atoms with van der Waals surface area (Å²) < 4.78 is 0. The van der Waals surface area contributed by atoms with Crippen LogP contribution in [0.2, 0.25) is 0 Å². The van der Waals surface area contributed by atoms with E-state index in [0.717, 1.165) is 19.6 Å². The van der Waals surface area contributed by atoms with E-state index in [-0.39, 0.29) is 5.54 Å². The summed E-state index contributed by atoms with van der Waals surface area (Å²) in [6, 6.07) is 0.607. The summed E-state index contributed by atoms with van der Waals surface area (Å²) in [5.41, 5.74) is 0.258. The van der Waals surface area contributed by atoms with Gasteiger partial charge in [0.2, 0.25) is 0 Å². The highest BCUT2D eigenvalue weighted by Crippen LogP contribution is 2.08. The van der Waals surface area contributed by atoms with Crippen molar-refractivity contribution >= 4 is 0 Å². The van der Waals surface area contributed by atoms with E-state index in [9.17, 15) is 0 Å². The van der Waals surface area contributed by atoms with Gasteiger partial charge in [0.1, 0.15) is 0 Å². The predicted molar refractivity (Wildman–Crippen MR) is 82.3 cm³/mol. The molecule has 0 spiro atoms. The van der Waals surface area contributed by atoms with Gasteiger partial charge in [-0.2, -0.15) is 0 Å². The number of likely N-dealkylation sites (N-methyl/N-ethyl adjacent to an activating group) is 1. The Morgan fingerprint density at radius 3 is 2.11 bits per heavy atom. The van der Waals surface area contributed by atoms with Crippen LogP contribution in [0.3, 0.4) is 0 Å². The molecule has 0 rings (SSSR count). The molecule has 3 heteroatoms. The van der Waals surface area contributed by atoms with Crippen molar-refractivity contribution in [2.45, 2.75) is 59.0 Å². The molecule has 0 saturated heterocycles. The third-order valence-electron chi connectivity index (χ3n) is 3.73. The zero-order valence-corrected chi connectivity index (χ0v) is 13.7. The SMILES string of the molecule is CCCN(CCN(C)C)C(C)CNC(C)(C)CC. The molecule has 3 nitrogen and oxygen atoms in total. The van der Waals surface area contributed by atoms with Crippen molar-refractivity contribution in [3.8, 4) is 0 Å². The zero-order chi connectivity index (χ0) is 14.2. The Morgan fingerprint density at radius 2 is 1.67 bits per heavy atom. The van der Waals surface area contributed by atoms with Gasteiger partial charge >= 0.3 is 0 Å². The Bertz CT molecular complexity index is 202. The Morgan fingerprint density at radius 1 is 1.06 bits per heavy atom. The van der Waals surface area contributed by atoms with Crippen molar-refractivity contribution < 1.29 is 0 Å². The first-order valence-corrected chi connectivity index (χ1v) is 7.46. The van der Waals surface area contributed by atoms with Gasteiger partial charge in [-0.15, -0.1) is 0 Å². The molecular weight excluding hydrogens is 222 g/mol. The minimum atomic E-state index is 0.258. The Balaban J connectivity index is 4.16. The van der Waals surface area contributed by atoms with E-state index in [4.69, 9.17) is 0 Å². The van der Waals surface area contributed by atoms with Gasteiger partial charge < -0.3 is 10.2 Å². The van der Waals surface area contributed by atoms with Gasteiger partial charge in [-0.1, -0.05) is 13.8 Å². The van der Waals surface area contributed by atoms with Crippen LogP contribution in [-0.4, -0.2) is 61.7 Å². The Hall–Kier alpha value is -0.120. The maximum absolute atomic E-state index is 3.68. The van der Waals surface area contributed by atoms with Gasteiger partial charge in [0.15, 0.2) is 0 Å². The molecule has 0 fully saturated rings. The molecule has 0 amide bonds. The second kappa shape index (κ2) is 8.89. The molecule has 0 aliphatic rings.